The predicted molar refractivity (Wildman–Crippen MR) is 257 cm³/mol. The lowest BCUT2D eigenvalue weighted by Gasteiger charge is -2.20. The number of carbonyl (C=O) groups excluding carboxylic acids is 1. The van der Waals surface area contributed by atoms with E-state index < -0.39 is 13.9 Å². The van der Waals surface area contributed by atoms with Gasteiger partial charge in [-0.05, 0) is 12.8 Å². The summed E-state index contributed by atoms with van der Waals surface area (Å²) in [6.45, 7) is 5.01. The van der Waals surface area contributed by atoms with Gasteiger partial charge >= 0.3 is 13.8 Å². The molecule has 8 nitrogen and oxygen atoms in total. The Morgan fingerprint density at radius 3 is 1.05 bits per heavy atom. The first-order chi connectivity index (χ1) is 29.4. The number of ether oxygens (including phenoxy) is 2. The molecule has 9 heteroatoms. The van der Waals surface area contributed by atoms with E-state index in [9.17, 15) is 14.3 Å². The van der Waals surface area contributed by atoms with Crippen LogP contribution < -0.4 is 5.73 Å². The van der Waals surface area contributed by atoms with E-state index in [2.05, 4.69) is 13.8 Å². The maximum absolute atomic E-state index is 12.7. The average molecular weight is 874 g/mol. The first-order valence-corrected chi connectivity index (χ1v) is 28.0. The van der Waals surface area contributed by atoms with Crippen molar-refractivity contribution in [2.75, 3.05) is 33.0 Å². The van der Waals surface area contributed by atoms with Crippen molar-refractivity contribution in [1.82, 2.24) is 0 Å². The van der Waals surface area contributed by atoms with Crippen LogP contribution in [0.5, 0.6) is 0 Å². The molecule has 360 valence electrons. The van der Waals surface area contributed by atoms with Crippen molar-refractivity contribution in [3.8, 4) is 0 Å². The molecule has 0 aliphatic heterocycles. The molecule has 0 aromatic rings. The highest BCUT2D eigenvalue weighted by molar-refractivity contribution is 7.47. The third-order valence-electron chi connectivity index (χ3n) is 12.0. The van der Waals surface area contributed by atoms with Gasteiger partial charge in [-0.3, -0.25) is 13.8 Å². The quantitative estimate of drug-likeness (QED) is 0.0352. The third-order valence-corrected chi connectivity index (χ3v) is 13.0. The van der Waals surface area contributed by atoms with E-state index in [0.29, 0.717) is 13.0 Å². The molecule has 0 heterocycles. The Hall–Kier alpha value is -0.500. The van der Waals surface area contributed by atoms with Crippen molar-refractivity contribution in [3.05, 3.63) is 0 Å². The van der Waals surface area contributed by atoms with E-state index in [-0.39, 0.29) is 32.3 Å². The second-order valence-electron chi connectivity index (χ2n) is 18.1. The van der Waals surface area contributed by atoms with Gasteiger partial charge in [0.15, 0.2) is 0 Å². The fourth-order valence-corrected chi connectivity index (χ4v) is 8.88. The lowest BCUT2D eigenvalue weighted by Crippen LogP contribution is -2.28. The normalized spacial score (nSPS) is 13.2. The number of hydrogen-bond acceptors (Lipinski definition) is 7. The SMILES string of the molecule is CCCCCCCCCCCCCCCCCCCCCCCCCCCC(=O)OC(COCCCCCCCCCCCCCCCCCC)COP(=O)(O)OCCN. The molecule has 0 saturated heterocycles. The zero-order valence-corrected chi connectivity index (χ0v) is 41.1. The summed E-state index contributed by atoms with van der Waals surface area (Å²) in [5, 5.41) is 0. The fourth-order valence-electron chi connectivity index (χ4n) is 8.12. The summed E-state index contributed by atoms with van der Waals surface area (Å²) in [6.07, 6.45) is 54.3. The molecule has 0 aliphatic carbocycles. The molecule has 0 rings (SSSR count). The van der Waals surface area contributed by atoms with Crippen LogP contribution in [0.3, 0.4) is 0 Å². The minimum absolute atomic E-state index is 0.0897. The van der Waals surface area contributed by atoms with Gasteiger partial charge in [-0.2, -0.15) is 0 Å². The summed E-state index contributed by atoms with van der Waals surface area (Å²) >= 11 is 0. The van der Waals surface area contributed by atoms with E-state index in [0.717, 1.165) is 32.1 Å². The molecule has 0 aromatic carbocycles. The van der Waals surface area contributed by atoms with Crippen LogP contribution >= 0.6 is 7.82 Å². The van der Waals surface area contributed by atoms with Gasteiger partial charge in [0.2, 0.25) is 0 Å². The van der Waals surface area contributed by atoms with Gasteiger partial charge in [-0.25, -0.2) is 4.57 Å². The van der Waals surface area contributed by atoms with E-state index in [1.165, 1.54) is 231 Å². The number of carbonyl (C=O) groups is 1. The molecule has 0 spiro atoms. The number of phosphoric ester groups is 1. The van der Waals surface area contributed by atoms with Crippen LogP contribution in [0, 0.1) is 0 Å². The van der Waals surface area contributed by atoms with Crippen LogP contribution in [0.4, 0.5) is 0 Å². The second kappa shape index (κ2) is 49.5. The minimum atomic E-state index is -4.27. The largest absolute Gasteiger partial charge is 0.472 e. The summed E-state index contributed by atoms with van der Waals surface area (Å²) in [4.78, 5) is 22.6. The monoisotopic (exact) mass is 874 g/mol. The van der Waals surface area contributed by atoms with Gasteiger partial charge < -0.3 is 20.1 Å². The number of hydrogen-bond donors (Lipinski definition) is 2. The Bertz CT molecular complexity index is 894. The van der Waals surface area contributed by atoms with E-state index in [4.69, 9.17) is 24.3 Å². The Labute approximate surface area is 373 Å². The zero-order valence-electron chi connectivity index (χ0n) is 40.2. The zero-order chi connectivity index (χ0) is 43.7. The Balaban J connectivity index is 3.83. The van der Waals surface area contributed by atoms with Crippen LogP contribution in [0.2, 0.25) is 0 Å². The number of esters is 1. The fraction of sp³-hybridized carbons (Fsp3) is 0.980. The third kappa shape index (κ3) is 48.5. The van der Waals surface area contributed by atoms with Crippen molar-refractivity contribution in [3.63, 3.8) is 0 Å². The molecular weight excluding hydrogens is 770 g/mol. The van der Waals surface area contributed by atoms with Gasteiger partial charge in [0, 0.05) is 19.6 Å². The van der Waals surface area contributed by atoms with Crippen LogP contribution in [0.15, 0.2) is 0 Å². The molecule has 0 aliphatic rings. The van der Waals surface area contributed by atoms with Crippen LogP contribution in [0.25, 0.3) is 0 Å². The molecule has 0 amide bonds. The number of nitrogens with two attached hydrogens (primary N) is 1. The molecular formula is C51H104NO7P. The number of phosphoric acid groups is 1. The average Bonchev–Trinajstić information content (AvgIpc) is 3.24. The molecule has 0 aromatic heterocycles. The van der Waals surface area contributed by atoms with Crippen molar-refractivity contribution < 1.29 is 32.8 Å². The van der Waals surface area contributed by atoms with Gasteiger partial charge in [-0.15, -0.1) is 0 Å². The summed E-state index contributed by atoms with van der Waals surface area (Å²) in [5.41, 5.74) is 5.39. The van der Waals surface area contributed by atoms with E-state index >= 15 is 0 Å². The molecule has 2 atom stereocenters. The standard InChI is InChI=1S/C51H104NO7P/c1-3-5-7-9-11-13-15-17-19-21-22-23-24-25-26-27-28-29-30-32-34-36-38-40-42-44-51(53)59-50(49-58-60(54,55)57-47-45-52)48-56-46-43-41-39-37-35-33-31-20-18-16-14-12-10-8-6-4-2/h50H,3-49,52H2,1-2H3,(H,54,55). The molecule has 2 unspecified atom stereocenters. The van der Waals surface area contributed by atoms with E-state index in [1.807, 2.05) is 0 Å². The highest BCUT2D eigenvalue weighted by atomic mass is 31.2. The minimum Gasteiger partial charge on any atom is -0.457 e. The van der Waals surface area contributed by atoms with E-state index in [1.54, 1.807) is 0 Å². The smallest absolute Gasteiger partial charge is 0.457 e. The summed E-state index contributed by atoms with van der Waals surface area (Å²) < 4.78 is 33.6. The highest BCUT2D eigenvalue weighted by Gasteiger charge is 2.25. The van der Waals surface area contributed by atoms with Crippen molar-refractivity contribution >= 4 is 13.8 Å². The highest BCUT2D eigenvalue weighted by Crippen LogP contribution is 2.43. The topological polar surface area (TPSA) is 117 Å². The molecule has 60 heavy (non-hydrogen) atoms. The van der Waals surface area contributed by atoms with Gasteiger partial charge in [0.05, 0.1) is 19.8 Å². The van der Waals surface area contributed by atoms with Gasteiger partial charge in [0.1, 0.15) is 6.10 Å². The molecule has 0 bridgehead atoms. The van der Waals surface area contributed by atoms with Crippen molar-refractivity contribution in [2.45, 2.75) is 290 Å². The lowest BCUT2D eigenvalue weighted by molar-refractivity contribution is -0.154. The predicted octanol–water partition coefficient (Wildman–Crippen LogP) is 16.4. The van der Waals surface area contributed by atoms with Gasteiger partial charge in [0.25, 0.3) is 0 Å². The lowest BCUT2D eigenvalue weighted by atomic mass is 10.0. The summed E-state index contributed by atoms with van der Waals surface area (Å²) in [6, 6.07) is 0. The summed E-state index contributed by atoms with van der Waals surface area (Å²) in [5.74, 6) is -0.320. The van der Waals surface area contributed by atoms with Crippen LogP contribution in [0.1, 0.15) is 284 Å². The van der Waals surface area contributed by atoms with Crippen LogP contribution in [-0.2, 0) is 27.9 Å². The van der Waals surface area contributed by atoms with Crippen molar-refractivity contribution in [2.24, 2.45) is 5.73 Å². The first kappa shape index (κ1) is 59.5. The molecule has 0 fully saturated rings. The molecule has 3 N–H and O–H groups in total. The Morgan fingerprint density at radius 1 is 0.433 bits per heavy atom. The molecule has 0 saturated carbocycles. The Kier molecular flexibility index (Phi) is 49.1. The number of rotatable bonds is 52. The summed E-state index contributed by atoms with van der Waals surface area (Å²) in [7, 11) is -4.27. The van der Waals surface area contributed by atoms with Crippen molar-refractivity contribution in [1.29, 1.82) is 0 Å². The maximum Gasteiger partial charge on any atom is 0.472 e. The first-order valence-electron chi connectivity index (χ1n) is 26.5. The maximum atomic E-state index is 12.7. The second-order valence-corrected chi connectivity index (χ2v) is 19.6. The molecule has 0 radical (unpaired) electrons. The Morgan fingerprint density at radius 2 is 0.733 bits per heavy atom. The van der Waals surface area contributed by atoms with Crippen LogP contribution in [-0.4, -0.2) is 49.9 Å². The number of unbranched alkanes of at least 4 members (excludes halogenated alkanes) is 39. The van der Waals surface area contributed by atoms with Gasteiger partial charge in [-0.1, -0.05) is 264 Å².